The maximum Gasteiger partial charge on any atom is 0.274 e. The molecule has 0 saturated heterocycles. The number of hydrogen-bond acceptors (Lipinski definition) is 8. The zero-order chi connectivity index (χ0) is 24.7. The van der Waals surface area contributed by atoms with E-state index in [1.165, 1.54) is 6.20 Å². The molecule has 0 bridgehead atoms. The van der Waals surface area contributed by atoms with Gasteiger partial charge in [-0.15, -0.1) is 0 Å². The first-order valence-corrected chi connectivity index (χ1v) is 11.9. The molecular formula is C24H31N7O4. The van der Waals surface area contributed by atoms with Crippen LogP contribution in [0.25, 0.3) is 5.65 Å². The third-order valence-corrected chi connectivity index (χ3v) is 7.45. The van der Waals surface area contributed by atoms with Gasteiger partial charge in [0.2, 0.25) is 0 Å². The third kappa shape index (κ3) is 4.04. The molecule has 2 fully saturated rings. The van der Waals surface area contributed by atoms with Crippen LogP contribution in [-0.2, 0) is 4.74 Å². The number of nitrogens with zero attached hydrogens (tertiary/aromatic N) is 4. The summed E-state index contributed by atoms with van der Waals surface area (Å²) in [5.41, 5.74) is 0.408. The summed E-state index contributed by atoms with van der Waals surface area (Å²) in [5.74, 6) is 0.713. The molecule has 3 aromatic rings. The average molecular weight is 482 g/mol. The van der Waals surface area contributed by atoms with E-state index in [-0.39, 0.29) is 29.2 Å². The number of fused-ring (bicyclic) bond motifs is 1. The Morgan fingerprint density at radius 1 is 1.31 bits per heavy atom. The molecule has 1 unspecified atom stereocenters. The van der Waals surface area contributed by atoms with E-state index in [2.05, 4.69) is 26.0 Å². The van der Waals surface area contributed by atoms with Gasteiger partial charge in [0, 0.05) is 26.4 Å². The SMILES string of the molecule is CNc1cc(Nc2cccn([C@@H]3CCC[C@@H]3O)c2=O)nc2c(C(=O)NC3CC[C@@]3(C)OC)cnn12. The number of aliphatic hydroxyl groups excluding tert-OH is 1. The number of nitrogens with one attached hydrogen (secondary N) is 3. The van der Waals surface area contributed by atoms with Crippen LogP contribution in [0.15, 0.2) is 35.4 Å². The minimum absolute atomic E-state index is 0.0891. The maximum absolute atomic E-state index is 13.2. The highest BCUT2D eigenvalue weighted by Crippen LogP contribution is 2.35. The van der Waals surface area contributed by atoms with E-state index in [0.717, 1.165) is 25.7 Å². The van der Waals surface area contributed by atoms with Crippen molar-refractivity contribution in [1.29, 1.82) is 0 Å². The first kappa shape index (κ1) is 23.3. The Kier molecular flexibility index (Phi) is 5.97. The van der Waals surface area contributed by atoms with Gasteiger partial charge in [0.05, 0.1) is 30.0 Å². The van der Waals surface area contributed by atoms with Crippen molar-refractivity contribution in [1.82, 2.24) is 24.5 Å². The molecule has 0 aromatic carbocycles. The lowest BCUT2D eigenvalue weighted by Crippen LogP contribution is -2.59. The van der Waals surface area contributed by atoms with Gasteiger partial charge in [0.1, 0.15) is 22.9 Å². The smallest absolute Gasteiger partial charge is 0.274 e. The summed E-state index contributed by atoms with van der Waals surface area (Å²) >= 11 is 0. The van der Waals surface area contributed by atoms with E-state index in [1.807, 2.05) is 6.92 Å². The Morgan fingerprint density at radius 2 is 2.14 bits per heavy atom. The predicted molar refractivity (Wildman–Crippen MR) is 131 cm³/mol. The van der Waals surface area contributed by atoms with Crippen LogP contribution >= 0.6 is 0 Å². The third-order valence-electron chi connectivity index (χ3n) is 7.45. The van der Waals surface area contributed by atoms with Crippen LogP contribution in [-0.4, -0.2) is 62.1 Å². The second-order valence-corrected chi connectivity index (χ2v) is 9.48. The molecule has 11 nitrogen and oxygen atoms in total. The first-order chi connectivity index (χ1) is 16.8. The number of hydrogen-bond donors (Lipinski definition) is 4. The highest BCUT2D eigenvalue weighted by molar-refractivity contribution is 6.00. The Hall–Kier alpha value is -3.44. The van der Waals surface area contributed by atoms with Crippen LogP contribution < -0.4 is 21.5 Å². The van der Waals surface area contributed by atoms with Gasteiger partial charge >= 0.3 is 0 Å². The van der Waals surface area contributed by atoms with Gasteiger partial charge < -0.3 is 30.4 Å². The van der Waals surface area contributed by atoms with E-state index < -0.39 is 6.10 Å². The van der Waals surface area contributed by atoms with Crippen LogP contribution in [0.5, 0.6) is 0 Å². The van der Waals surface area contributed by atoms with Gasteiger partial charge in [0.25, 0.3) is 11.5 Å². The van der Waals surface area contributed by atoms with Crippen LogP contribution in [0.2, 0.25) is 0 Å². The van der Waals surface area contributed by atoms with Gasteiger partial charge in [0.15, 0.2) is 5.65 Å². The molecule has 2 aliphatic carbocycles. The standard InChI is InChI=1S/C24H31N7O4/c1-24(35-3)10-9-18(24)28-22(33)14-13-26-31-20(25-2)12-19(29-21(14)31)27-15-6-5-11-30(23(15)34)16-7-4-8-17(16)32/h5-6,11-13,16-18,25,32H,4,7-10H2,1-3H3,(H,27,29)(H,28,33)/t16-,17+,18?,24-/m1/s1. The molecule has 4 N–H and O–H groups in total. The van der Waals surface area contributed by atoms with Crippen molar-refractivity contribution >= 4 is 28.9 Å². The fourth-order valence-electron chi connectivity index (χ4n) is 5.02. The van der Waals surface area contributed by atoms with E-state index in [1.54, 1.807) is 47.6 Å². The van der Waals surface area contributed by atoms with Crippen LogP contribution in [0.3, 0.4) is 0 Å². The van der Waals surface area contributed by atoms with Crippen molar-refractivity contribution in [3.8, 4) is 0 Å². The first-order valence-electron chi connectivity index (χ1n) is 11.9. The summed E-state index contributed by atoms with van der Waals surface area (Å²) in [6, 6.07) is 4.85. The molecule has 0 spiro atoms. The molecule has 5 rings (SSSR count). The van der Waals surface area contributed by atoms with E-state index >= 15 is 0 Å². The lowest BCUT2D eigenvalue weighted by molar-refractivity contribution is -0.0828. The minimum atomic E-state index is -0.531. The highest BCUT2D eigenvalue weighted by atomic mass is 16.5. The maximum atomic E-state index is 13.2. The van der Waals surface area contributed by atoms with Crippen molar-refractivity contribution < 1.29 is 14.6 Å². The van der Waals surface area contributed by atoms with Gasteiger partial charge in [-0.3, -0.25) is 9.59 Å². The average Bonchev–Trinajstić information content (AvgIpc) is 3.48. The molecule has 35 heavy (non-hydrogen) atoms. The summed E-state index contributed by atoms with van der Waals surface area (Å²) in [4.78, 5) is 30.9. The Bertz CT molecular complexity index is 1310. The molecular weight excluding hydrogens is 450 g/mol. The number of amides is 1. The summed E-state index contributed by atoms with van der Waals surface area (Å²) in [6.45, 7) is 1.98. The van der Waals surface area contributed by atoms with Crippen LogP contribution in [0, 0.1) is 0 Å². The number of aromatic nitrogens is 4. The topological polar surface area (TPSA) is 135 Å². The summed E-state index contributed by atoms with van der Waals surface area (Å²) < 4.78 is 8.69. The lowest BCUT2D eigenvalue weighted by atomic mass is 9.76. The predicted octanol–water partition coefficient (Wildman–Crippen LogP) is 2.06. The Labute approximate surface area is 202 Å². The molecule has 1 amide bonds. The lowest BCUT2D eigenvalue weighted by Gasteiger charge is -2.45. The zero-order valence-corrected chi connectivity index (χ0v) is 20.1. The molecule has 11 heteroatoms. The van der Waals surface area contributed by atoms with E-state index in [9.17, 15) is 14.7 Å². The molecule has 3 aromatic heterocycles. The van der Waals surface area contributed by atoms with Gasteiger partial charge in [-0.1, -0.05) is 0 Å². The number of aliphatic hydroxyl groups is 1. The second-order valence-electron chi connectivity index (χ2n) is 9.48. The van der Waals surface area contributed by atoms with Crippen LogP contribution in [0.4, 0.5) is 17.3 Å². The quantitative estimate of drug-likeness (QED) is 0.403. The summed E-state index contributed by atoms with van der Waals surface area (Å²) in [6.07, 6.45) is 6.72. The van der Waals surface area contributed by atoms with Crippen molar-refractivity contribution in [2.75, 3.05) is 24.8 Å². The normalized spacial score (nSPS) is 25.9. The van der Waals surface area contributed by atoms with Crippen molar-refractivity contribution in [2.24, 2.45) is 0 Å². The van der Waals surface area contributed by atoms with Crippen molar-refractivity contribution in [3.63, 3.8) is 0 Å². The van der Waals surface area contributed by atoms with Gasteiger partial charge in [-0.2, -0.15) is 9.61 Å². The molecule has 4 atom stereocenters. The molecule has 0 aliphatic heterocycles. The Balaban J connectivity index is 1.46. The minimum Gasteiger partial charge on any atom is -0.391 e. The van der Waals surface area contributed by atoms with Gasteiger partial charge in [-0.25, -0.2) is 4.98 Å². The fourth-order valence-corrected chi connectivity index (χ4v) is 5.02. The van der Waals surface area contributed by atoms with E-state index in [4.69, 9.17) is 4.74 Å². The molecule has 3 heterocycles. The number of rotatable bonds is 7. The number of anilines is 3. The molecule has 0 radical (unpaired) electrons. The number of pyridine rings is 1. The molecule has 2 saturated carbocycles. The van der Waals surface area contributed by atoms with Crippen LogP contribution in [0.1, 0.15) is 55.4 Å². The molecule has 2 aliphatic rings. The zero-order valence-electron chi connectivity index (χ0n) is 20.1. The monoisotopic (exact) mass is 481 g/mol. The summed E-state index contributed by atoms with van der Waals surface area (Å²) in [7, 11) is 3.40. The number of carbonyl (C=O) groups is 1. The Morgan fingerprint density at radius 3 is 2.80 bits per heavy atom. The largest absolute Gasteiger partial charge is 0.391 e. The van der Waals surface area contributed by atoms with Crippen molar-refractivity contribution in [2.45, 2.75) is 62.8 Å². The van der Waals surface area contributed by atoms with Crippen molar-refractivity contribution in [3.05, 3.63) is 46.5 Å². The highest BCUT2D eigenvalue weighted by Gasteiger charge is 2.44. The number of methoxy groups -OCH3 is 1. The molecule has 186 valence electrons. The number of ether oxygens (including phenoxy) is 1. The summed E-state index contributed by atoms with van der Waals surface area (Å²) in [5, 5.41) is 23.8. The van der Waals surface area contributed by atoms with Gasteiger partial charge in [-0.05, 0) is 51.2 Å². The second kappa shape index (κ2) is 8.97. The number of carbonyl (C=O) groups excluding carboxylic acids is 1. The fraction of sp³-hybridized carbons (Fsp3) is 0.500. The van der Waals surface area contributed by atoms with E-state index in [0.29, 0.717) is 35.0 Å².